The Morgan fingerprint density at radius 2 is 1.74 bits per heavy atom. The summed E-state index contributed by atoms with van der Waals surface area (Å²) in [5, 5.41) is 5.25. The molecule has 0 spiro atoms. The van der Waals surface area contributed by atoms with Gasteiger partial charge in [-0.2, -0.15) is 0 Å². The molecule has 8 heteroatoms. The van der Waals surface area contributed by atoms with Gasteiger partial charge in [0.1, 0.15) is 12.9 Å². The number of nitrogens with one attached hydrogen (secondary N) is 2. The molecule has 0 heterocycles. The first kappa shape index (κ1) is 21.2. The standard InChI is InChI=1S/C15H26N2O6/c1-12(4-7-18)15(21)17-5-3-14(20)16-6-8-22-9-10-23-11-13(2)19/h7,12H,3-6,8-11H2,1-2H3,(H,16,20)(H,17,21). The van der Waals surface area contributed by atoms with Crippen LogP contribution in [0.5, 0.6) is 0 Å². The third-order valence-corrected chi connectivity index (χ3v) is 2.79. The van der Waals surface area contributed by atoms with E-state index >= 15 is 0 Å². The minimum Gasteiger partial charge on any atom is -0.377 e. The summed E-state index contributed by atoms with van der Waals surface area (Å²) in [7, 11) is 0. The first-order chi connectivity index (χ1) is 11.0. The average Bonchev–Trinajstić information content (AvgIpc) is 2.49. The molecule has 2 amide bonds. The summed E-state index contributed by atoms with van der Waals surface area (Å²) < 4.78 is 10.2. The Labute approximate surface area is 136 Å². The molecule has 0 saturated heterocycles. The molecule has 0 aliphatic rings. The molecule has 23 heavy (non-hydrogen) atoms. The van der Waals surface area contributed by atoms with E-state index in [1.54, 1.807) is 6.92 Å². The maximum Gasteiger partial charge on any atom is 0.223 e. The molecule has 0 radical (unpaired) electrons. The van der Waals surface area contributed by atoms with Crippen molar-refractivity contribution < 1.29 is 28.7 Å². The molecule has 0 bridgehead atoms. The van der Waals surface area contributed by atoms with Crippen molar-refractivity contribution in [3.8, 4) is 0 Å². The highest BCUT2D eigenvalue weighted by Crippen LogP contribution is 1.98. The van der Waals surface area contributed by atoms with E-state index in [9.17, 15) is 19.2 Å². The van der Waals surface area contributed by atoms with Crippen molar-refractivity contribution in [3.05, 3.63) is 0 Å². The lowest BCUT2D eigenvalue weighted by molar-refractivity contribution is -0.126. The fourth-order valence-electron chi connectivity index (χ4n) is 1.51. The van der Waals surface area contributed by atoms with Crippen molar-refractivity contribution >= 4 is 23.9 Å². The monoisotopic (exact) mass is 330 g/mol. The zero-order chi connectivity index (χ0) is 17.5. The number of amides is 2. The zero-order valence-corrected chi connectivity index (χ0v) is 13.8. The summed E-state index contributed by atoms with van der Waals surface area (Å²) in [6.07, 6.45) is 1.04. The van der Waals surface area contributed by atoms with Gasteiger partial charge in [-0.1, -0.05) is 6.92 Å². The van der Waals surface area contributed by atoms with Gasteiger partial charge in [0.2, 0.25) is 11.8 Å². The highest BCUT2D eigenvalue weighted by molar-refractivity contribution is 5.81. The van der Waals surface area contributed by atoms with E-state index in [4.69, 9.17) is 9.47 Å². The maximum atomic E-state index is 11.5. The van der Waals surface area contributed by atoms with Gasteiger partial charge in [0, 0.05) is 31.8 Å². The summed E-state index contributed by atoms with van der Waals surface area (Å²) in [5.41, 5.74) is 0. The molecule has 0 rings (SSSR count). The molecule has 132 valence electrons. The summed E-state index contributed by atoms with van der Waals surface area (Å²) in [4.78, 5) is 43.9. The first-order valence-corrected chi connectivity index (χ1v) is 7.60. The Morgan fingerprint density at radius 3 is 2.39 bits per heavy atom. The van der Waals surface area contributed by atoms with Crippen LogP contribution in [0.2, 0.25) is 0 Å². The predicted octanol–water partition coefficient (Wildman–Crippen LogP) is -0.544. The quantitative estimate of drug-likeness (QED) is 0.327. The van der Waals surface area contributed by atoms with Crippen molar-refractivity contribution in [2.75, 3.05) is 39.5 Å². The normalized spacial score (nSPS) is 11.6. The lowest BCUT2D eigenvalue weighted by Gasteiger charge is -2.10. The highest BCUT2D eigenvalue weighted by atomic mass is 16.5. The summed E-state index contributed by atoms with van der Waals surface area (Å²) in [6, 6.07) is 0. The van der Waals surface area contributed by atoms with Gasteiger partial charge in [-0.3, -0.25) is 14.4 Å². The summed E-state index contributed by atoms with van der Waals surface area (Å²) >= 11 is 0. The van der Waals surface area contributed by atoms with E-state index in [0.717, 1.165) is 0 Å². The average molecular weight is 330 g/mol. The van der Waals surface area contributed by atoms with Crippen molar-refractivity contribution in [1.29, 1.82) is 0 Å². The highest BCUT2D eigenvalue weighted by Gasteiger charge is 2.11. The van der Waals surface area contributed by atoms with E-state index in [0.29, 0.717) is 32.7 Å². The Hall–Kier alpha value is -1.80. The van der Waals surface area contributed by atoms with Crippen LogP contribution >= 0.6 is 0 Å². The van der Waals surface area contributed by atoms with E-state index in [-0.39, 0.29) is 49.5 Å². The Balaban J connectivity index is 3.45. The lowest BCUT2D eigenvalue weighted by Crippen LogP contribution is -2.34. The Morgan fingerprint density at radius 1 is 1.04 bits per heavy atom. The number of rotatable bonds is 14. The van der Waals surface area contributed by atoms with Crippen molar-refractivity contribution in [2.24, 2.45) is 5.92 Å². The summed E-state index contributed by atoms with van der Waals surface area (Å²) in [5.74, 6) is -0.845. The van der Waals surface area contributed by atoms with Crippen LogP contribution < -0.4 is 10.6 Å². The smallest absolute Gasteiger partial charge is 0.223 e. The van der Waals surface area contributed by atoms with Gasteiger partial charge in [0.25, 0.3) is 0 Å². The van der Waals surface area contributed by atoms with E-state index in [1.165, 1.54) is 6.92 Å². The number of aldehydes is 1. The molecule has 0 fully saturated rings. The minimum absolute atomic E-state index is 0.0371. The number of carbonyl (C=O) groups excluding carboxylic acids is 4. The lowest BCUT2D eigenvalue weighted by atomic mass is 10.1. The number of ketones is 1. The van der Waals surface area contributed by atoms with Crippen LogP contribution in [-0.4, -0.2) is 63.4 Å². The van der Waals surface area contributed by atoms with E-state index in [2.05, 4.69) is 10.6 Å². The molecule has 0 aromatic carbocycles. The van der Waals surface area contributed by atoms with Crippen LogP contribution in [0.1, 0.15) is 26.7 Å². The number of carbonyl (C=O) groups is 4. The van der Waals surface area contributed by atoms with Crippen LogP contribution in [0, 0.1) is 5.92 Å². The van der Waals surface area contributed by atoms with Crippen LogP contribution in [0.4, 0.5) is 0 Å². The number of hydrogen-bond acceptors (Lipinski definition) is 6. The second-order valence-corrected chi connectivity index (χ2v) is 5.06. The van der Waals surface area contributed by atoms with E-state index in [1.807, 2.05) is 0 Å². The second kappa shape index (κ2) is 13.8. The molecule has 2 N–H and O–H groups in total. The van der Waals surface area contributed by atoms with Crippen molar-refractivity contribution in [3.63, 3.8) is 0 Å². The van der Waals surface area contributed by atoms with Gasteiger partial charge in [0.05, 0.1) is 19.8 Å². The third-order valence-electron chi connectivity index (χ3n) is 2.79. The molecule has 0 aromatic rings. The van der Waals surface area contributed by atoms with Crippen molar-refractivity contribution in [2.45, 2.75) is 26.7 Å². The molecular weight excluding hydrogens is 304 g/mol. The largest absolute Gasteiger partial charge is 0.377 e. The summed E-state index contributed by atoms with van der Waals surface area (Å²) in [6.45, 7) is 4.80. The second-order valence-electron chi connectivity index (χ2n) is 5.06. The molecule has 8 nitrogen and oxygen atoms in total. The molecule has 0 aliphatic carbocycles. The van der Waals surface area contributed by atoms with E-state index < -0.39 is 0 Å². The molecule has 0 aliphatic heterocycles. The molecule has 1 unspecified atom stereocenters. The SMILES string of the molecule is CC(=O)COCCOCCNC(=O)CCNC(=O)C(C)CC=O. The van der Waals surface area contributed by atoms with Crippen LogP contribution in [-0.2, 0) is 28.7 Å². The maximum absolute atomic E-state index is 11.5. The zero-order valence-electron chi connectivity index (χ0n) is 13.8. The number of hydrogen-bond donors (Lipinski definition) is 2. The van der Waals surface area contributed by atoms with Gasteiger partial charge in [-0.05, 0) is 6.92 Å². The Bertz CT molecular complexity index is 386. The van der Waals surface area contributed by atoms with Gasteiger partial charge in [0.15, 0.2) is 5.78 Å². The Kier molecular flexibility index (Phi) is 12.8. The fraction of sp³-hybridized carbons (Fsp3) is 0.733. The van der Waals surface area contributed by atoms with Crippen LogP contribution in [0.25, 0.3) is 0 Å². The van der Waals surface area contributed by atoms with Gasteiger partial charge in [-0.15, -0.1) is 0 Å². The topological polar surface area (TPSA) is 111 Å². The van der Waals surface area contributed by atoms with Gasteiger partial charge in [-0.25, -0.2) is 0 Å². The van der Waals surface area contributed by atoms with Gasteiger partial charge < -0.3 is 24.9 Å². The van der Waals surface area contributed by atoms with Crippen LogP contribution in [0.15, 0.2) is 0 Å². The molecule has 0 saturated carbocycles. The number of Topliss-reactive ketones (excluding diaryl/α,β-unsaturated/α-hetero) is 1. The van der Waals surface area contributed by atoms with Crippen molar-refractivity contribution in [1.82, 2.24) is 10.6 Å². The molecule has 0 aromatic heterocycles. The first-order valence-electron chi connectivity index (χ1n) is 7.60. The van der Waals surface area contributed by atoms with Gasteiger partial charge >= 0.3 is 0 Å². The minimum atomic E-state index is -0.380. The third kappa shape index (κ3) is 13.6. The molecular formula is C15H26N2O6. The molecule has 1 atom stereocenters. The number of ether oxygens (including phenoxy) is 2. The van der Waals surface area contributed by atoms with Crippen LogP contribution in [0.3, 0.4) is 0 Å². The fourth-order valence-corrected chi connectivity index (χ4v) is 1.51. The predicted molar refractivity (Wildman–Crippen MR) is 82.8 cm³/mol.